The van der Waals surface area contributed by atoms with Gasteiger partial charge in [-0.15, -0.1) is 0 Å². The van der Waals surface area contributed by atoms with Gasteiger partial charge in [0.2, 0.25) is 0 Å². The second-order valence-corrected chi connectivity index (χ2v) is 6.02. The van der Waals surface area contributed by atoms with E-state index in [9.17, 15) is 14.9 Å². The van der Waals surface area contributed by atoms with Crippen LogP contribution in [0.1, 0.15) is 32.3 Å². The summed E-state index contributed by atoms with van der Waals surface area (Å²) < 4.78 is 11.0. The zero-order chi connectivity index (χ0) is 20.4. The maximum absolute atomic E-state index is 12.0. The molecule has 8 nitrogen and oxygen atoms in total. The predicted molar refractivity (Wildman–Crippen MR) is 106 cm³/mol. The van der Waals surface area contributed by atoms with Crippen LogP contribution in [0.4, 0.5) is 5.69 Å². The fraction of sp³-hybridized carbons (Fsp3) is 0.300. The lowest BCUT2D eigenvalue weighted by Gasteiger charge is -2.12. The average molecular weight is 385 g/mol. The van der Waals surface area contributed by atoms with E-state index in [1.54, 1.807) is 6.92 Å². The average Bonchev–Trinajstić information content (AvgIpc) is 2.69. The van der Waals surface area contributed by atoms with Gasteiger partial charge in [-0.2, -0.15) is 5.10 Å². The van der Waals surface area contributed by atoms with Crippen LogP contribution in [0, 0.1) is 10.1 Å². The third kappa shape index (κ3) is 6.71. The Morgan fingerprint density at radius 3 is 2.43 bits per heavy atom. The molecule has 1 N–H and O–H groups in total. The first kappa shape index (κ1) is 20.9. The molecular weight excluding hydrogens is 362 g/mol. The van der Waals surface area contributed by atoms with Gasteiger partial charge in [-0.1, -0.05) is 13.3 Å². The Hall–Kier alpha value is -3.42. The lowest BCUT2D eigenvalue weighted by atomic mass is 10.2. The number of carbonyl (C=O) groups is 1. The van der Waals surface area contributed by atoms with Crippen molar-refractivity contribution in [2.24, 2.45) is 5.10 Å². The van der Waals surface area contributed by atoms with E-state index in [-0.39, 0.29) is 5.69 Å². The molecule has 0 unspecified atom stereocenters. The number of rotatable bonds is 10. The SMILES string of the molecule is CCCCOc1ccc(/C=N\NC(=O)[C@H](C)Oc2ccc([N+](=O)[O-])cc2)cc1. The van der Waals surface area contributed by atoms with Crippen LogP contribution in [-0.4, -0.2) is 29.8 Å². The standard InChI is InChI=1S/C20H23N3O5/c1-3-4-13-27-18-9-5-16(6-10-18)14-21-22-20(24)15(2)28-19-11-7-17(8-12-19)23(25)26/h5-12,14-15H,3-4,13H2,1-2H3,(H,22,24)/b21-14-/t15-/m0/s1. The molecule has 0 fully saturated rings. The Morgan fingerprint density at radius 1 is 1.18 bits per heavy atom. The molecule has 0 spiro atoms. The molecule has 0 aliphatic heterocycles. The van der Waals surface area contributed by atoms with E-state index in [0.717, 1.165) is 24.2 Å². The minimum atomic E-state index is -0.812. The van der Waals surface area contributed by atoms with E-state index in [1.807, 2.05) is 24.3 Å². The predicted octanol–water partition coefficient (Wildman–Crippen LogP) is 3.69. The highest BCUT2D eigenvalue weighted by molar-refractivity contribution is 5.84. The maximum atomic E-state index is 12.0. The number of nitrogens with zero attached hydrogens (tertiary/aromatic N) is 2. The van der Waals surface area contributed by atoms with Gasteiger partial charge < -0.3 is 9.47 Å². The molecule has 0 heterocycles. The van der Waals surface area contributed by atoms with Crippen LogP contribution in [0.2, 0.25) is 0 Å². The Balaban J connectivity index is 1.80. The maximum Gasteiger partial charge on any atom is 0.280 e. The molecule has 28 heavy (non-hydrogen) atoms. The van der Waals surface area contributed by atoms with Gasteiger partial charge in [0.05, 0.1) is 17.7 Å². The molecule has 2 aromatic carbocycles. The summed E-state index contributed by atoms with van der Waals surface area (Å²) in [5.74, 6) is 0.713. The number of hydrogen-bond acceptors (Lipinski definition) is 6. The minimum absolute atomic E-state index is 0.0455. The number of carbonyl (C=O) groups excluding carboxylic acids is 1. The van der Waals surface area contributed by atoms with E-state index >= 15 is 0 Å². The first-order chi connectivity index (χ1) is 13.5. The molecule has 0 saturated heterocycles. The molecule has 2 aromatic rings. The fourth-order valence-electron chi connectivity index (χ4n) is 2.15. The summed E-state index contributed by atoms with van der Waals surface area (Å²) in [5, 5.41) is 14.5. The van der Waals surface area contributed by atoms with E-state index in [0.29, 0.717) is 12.4 Å². The van der Waals surface area contributed by atoms with Crippen molar-refractivity contribution >= 4 is 17.8 Å². The second kappa shape index (κ2) is 10.7. The van der Waals surface area contributed by atoms with Crippen LogP contribution in [-0.2, 0) is 4.79 Å². The number of nitro benzene ring substituents is 1. The molecule has 148 valence electrons. The number of nitro groups is 1. The molecule has 1 atom stereocenters. The summed E-state index contributed by atoms with van der Waals surface area (Å²) in [7, 11) is 0. The van der Waals surface area contributed by atoms with Gasteiger partial charge in [-0.3, -0.25) is 14.9 Å². The zero-order valence-electron chi connectivity index (χ0n) is 15.8. The number of amides is 1. The highest BCUT2D eigenvalue weighted by atomic mass is 16.6. The van der Waals surface area contributed by atoms with Gasteiger partial charge >= 0.3 is 0 Å². The lowest BCUT2D eigenvalue weighted by molar-refractivity contribution is -0.384. The number of nitrogens with one attached hydrogen (secondary N) is 1. The number of hydrogen-bond donors (Lipinski definition) is 1. The van der Waals surface area contributed by atoms with Crippen molar-refractivity contribution in [3.8, 4) is 11.5 Å². The Morgan fingerprint density at radius 2 is 1.82 bits per heavy atom. The normalized spacial score (nSPS) is 11.8. The number of unbranched alkanes of at least 4 members (excludes halogenated alkanes) is 1. The van der Waals surface area contributed by atoms with Crippen molar-refractivity contribution in [3.05, 3.63) is 64.2 Å². The molecule has 2 rings (SSSR count). The van der Waals surface area contributed by atoms with Crippen molar-refractivity contribution in [3.63, 3.8) is 0 Å². The lowest BCUT2D eigenvalue weighted by Crippen LogP contribution is -2.33. The molecule has 0 radical (unpaired) electrons. The third-order valence-corrected chi connectivity index (χ3v) is 3.76. The summed E-state index contributed by atoms with van der Waals surface area (Å²) in [5.41, 5.74) is 3.17. The highest BCUT2D eigenvalue weighted by Crippen LogP contribution is 2.18. The van der Waals surface area contributed by atoms with Gasteiger partial charge in [-0.05, 0) is 55.3 Å². The quantitative estimate of drug-likeness (QED) is 0.291. The topological polar surface area (TPSA) is 103 Å². The summed E-state index contributed by atoms with van der Waals surface area (Å²) in [6.45, 7) is 4.36. The Kier molecular flexibility index (Phi) is 7.95. The number of non-ortho nitro benzene ring substituents is 1. The molecule has 0 bridgehead atoms. The number of ether oxygens (including phenoxy) is 2. The number of hydrazone groups is 1. The molecule has 1 amide bonds. The van der Waals surface area contributed by atoms with E-state index in [4.69, 9.17) is 9.47 Å². The van der Waals surface area contributed by atoms with Crippen molar-refractivity contribution in [1.82, 2.24) is 5.43 Å². The third-order valence-electron chi connectivity index (χ3n) is 3.76. The zero-order valence-corrected chi connectivity index (χ0v) is 15.8. The summed E-state index contributed by atoms with van der Waals surface area (Å²) in [6.07, 6.45) is 2.80. The van der Waals surface area contributed by atoms with Crippen molar-refractivity contribution in [2.45, 2.75) is 32.8 Å². The Labute approximate surface area is 163 Å². The molecule has 0 aromatic heterocycles. The van der Waals surface area contributed by atoms with Crippen LogP contribution in [0.15, 0.2) is 53.6 Å². The van der Waals surface area contributed by atoms with Crippen molar-refractivity contribution < 1.29 is 19.2 Å². The summed E-state index contributed by atoms with van der Waals surface area (Å²) in [6, 6.07) is 12.9. The van der Waals surface area contributed by atoms with E-state index < -0.39 is 16.9 Å². The van der Waals surface area contributed by atoms with Gasteiger partial charge in [0.25, 0.3) is 11.6 Å². The number of benzene rings is 2. The van der Waals surface area contributed by atoms with Gasteiger partial charge in [0.15, 0.2) is 6.10 Å². The van der Waals surface area contributed by atoms with Gasteiger partial charge in [0.1, 0.15) is 11.5 Å². The molecular formula is C20H23N3O5. The first-order valence-corrected chi connectivity index (χ1v) is 8.96. The first-order valence-electron chi connectivity index (χ1n) is 8.96. The van der Waals surface area contributed by atoms with Crippen molar-refractivity contribution in [1.29, 1.82) is 0 Å². The molecule has 0 aliphatic carbocycles. The van der Waals surface area contributed by atoms with Crippen LogP contribution >= 0.6 is 0 Å². The van der Waals surface area contributed by atoms with Crippen LogP contribution in [0.25, 0.3) is 0 Å². The second-order valence-electron chi connectivity index (χ2n) is 6.02. The van der Waals surface area contributed by atoms with Crippen LogP contribution in [0.3, 0.4) is 0 Å². The molecule has 8 heteroatoms. The smallest absolute Gasteiger partial charge is 0.280 e. The van der Waals surface area contributed by atoms with Crippen LogP contribution in [0.5, 0.6) is 11.5 Å². The van der Waals surface area contributed by atoms with Gasteiger partial charge in [0, 0.05) is 12.1 Å². The summed E-state index contributed by atoms with van der Waals surface area (Å²) in [4.78, 5) is 22.2. The van der Waals surface area contributed by atoms with E-state index in [1.165, 1.54) is 30.5 Å². The molecule has 0 aliphatic rings. The fourth-order valence-corrected chi connectivity index (χ4v) is 2.15. The van der Waals surface area contributed by atoms with E-state index in [2.05, 4.69) is 17.5 Å². The van der Waals surface area contributed by atoms with Gasteiger partial charge in [-0.25, -0.2) is 5.43 Å². The van der Waals surface area contributed by atoms with Crippen molar-refractivity contribution in [2.75, 3.05) is 6.61 Å². The largest absolute Gasteiger partial charge is 0.494 e. The minimum Gasteiger partial charge on any atom is -0.494 e. The monoisotopic (exact) mass is 385 g/mol. The van der Waals surface area contributed by atoms with Crippen LogP contribution < -0.4 is 14.9 Å². The molecule has 0 saturated carbocycles. The highest BCUT2D eigenvalue weighted by Gasteiger charge is 2.14. The Bertz CT molecular complexity index is 804. The summed E-state index contributed by atoms with van der Waals surface area (Å²) >= 11 is 0.